The monoisotopic (exact) mass is 298 g/mol. The van der Waals surface area contributed by atoms with Crippen molar-refractivity contribution in [2.75, 3.05) is 0 Å². The molecule has 0 unspecified atom stereocenters. The molecule has 0 radical (unpaired) electrons. The highest BCUT2D eigenvalue weighted by Gasteiger charge is 2.37. The van der Waals surface area contributed by atoms with Gasteiger partial charge >= 0.3 is 0 Å². The molecular formula is C9H16Br2O. The quantitative estimate of drug-likeness (QED) is 0.775. The van der Waals surface area contributed by atoms with Gasteiger partial charge in [0.25, 0.3) is 0 Å². The zero-order valence-electron chi connectivity index (χ0n) is 7.39. The Kier molecular flexibility index (Phi) is 4.06. The summed E-state index contributed by atoms with van der Waals surface area (Å²) in [5.74, 6) is 0.454. The SMILES string of the molecule is C[C@@](O)(C(Br)Br)C1CCCCC1. The van der Waals surface area contributed by atoms with Crippen LogP contribution in [0.25, 0.3) is 0 Å². The lowest BCUT2D eigenvalue weighted by atomic mass is 9.79. The van der Waals surface area contributed by atoms with E-state index in [-0.39, 0.29) is 3.74 Å². The van der Waals surface area contributed by atoms with Gasteiger partial charge in [-0.2, -0.15) is 0 Å². The van der Waals surface area contributed by atoms with Crippen LogP contribution in [0.1, 0.15) is 39.0 Å². The van der Waals surface area contributed by atoms with Crippen LogP contribution in [0.3, 0.4) is 0 Å². The molecule has 1 fully saturated rings. The van der Waals surface area contributed by atoms with Gasteiger partial charge < -0.3 is 5.11 Å². The maximum Gasteiger partial charge on any atom is 0.0984 e. The van der Waals surface area contributed by atoms with Crippen molar-refractivity contribution in [1.29, 1.82) is 0 Å². The van der Waals surface area contributed by atoms with E-state index < -0.39 is 5.60 Å². The maximum absolute atomic E-state index is 10.1. The molecule has 72 valence electrons. The van der Waals surface area contributed by atoms with Gasteiger partial charge in [0, 0.05) is 0 Å². The Morgan fingerprint density at radius 3 is 2.17 bits per heavy atom. The highest BCUT2D eigenvalue weighted by atomic mass is 79.9. The van der Waals surface area contributed by atoms with Crippen molar-refractivity contribution in [2.24, 2.45) is 5.92 Å². The van der Waals surface area contributed by atoms with Crippen LogP contribution in [-0.4, -0.2) is 14.4 Å². The number of hydrogen-bond donors (Lipinski definition) is 1. The molecule has 1 aliphatic rings. The van der Waals surface area contributed by atoms with Gasteiger partial charge in [-0.25, -0.2) is 0 Å². The third-order valence-electron chi connectivity index (χ3n) is 2.87. The first-order chi connectivity index (χ1) is 5.55. The van der Waals surface area contributed by atoms with Gasteiger partial charge in [-0.15, -0.1) is 0 Å². The van der Waals surface area contributed by atoms with Gasteiger partial charge in [-0.05, 0) is 25.7 Å². The third-order valence-corrected chi connectivity index (χ3v) is 4.73. The second-order valence-electron chi connectivity index (χ2n) is 3.86. The van der Waals surface area contributed by atoms with Crippen LogP contribution in [0.4, 0.5) is 0 Å². The Balaban J connectivity index is 2.53. The van der Waals surface area contributed by atoms with Crippen molar-refractivity contribution < 1.29 is 5.11 Å². The summed E-state index contributed by atoms with van der Waals surface area (Å²) >= 11 is 6.80. The van der Waals surface area contributed by atoms with Gasteiger partial charge in [0.05, 0.1) is 9.34 Å². The molecule has 0 saturated heterocycles. The van der Waals surface area contributed by atoms with Gasteiger partial charge in [-0.3, -0.25) is 0 Å². The van der Waals surface area contributed by atoms with E-state index in [9.17, 15) is 5.11 Å². The first-order valence-corrected chi connectivity index (χ1v) is 6.39. The van der Waals surface area contributed by atoms with E-state index in [0.717, 1.165) is 0 Å². The second-order valence-corrected chi connectivity index (χ2v) is 6.92. The predicted molar refractivity (Wildman–Crippen MR) is 58.8 cm³/mol. The minimum absolute atomic E-state index is 0.0144. The van der Waals surface area contributed by atoms with Crippen molar-refractivity contribution >= 4 is 31.9 Å². The fourth-order valence-electron chi connectivity index (χ4n) is 1.87. The van der Waals surface area contributed by atoms with Crippen LogP contribution in [0.2, 0.25) is 0 Å². The second kappa shape index (κ2) is 4.43. The zero-order valence-corrected chi connectivity index (χ0v) is 10.6. The lowest BCUT2D eigenvalue weighted by Gasteiger charge is -2.36. The van der Waals surface area contributed by atoms with Crippen LogP contribution < -0.4 is 0 Å². The van der Waals surface area contributed by atoms with E-state index >= 15 is 0 Å². The first-order valence-electron chi connectivity index (χ1n) is 4.55. The van der Waals surface area contributed by atoms with Gasteiger partial charge in [0.1, 0.15) is 0 Å². The van der Waals surface area contributed by atoms with E-state index in [1.165, 1.54) is 32.1 Å². The molecule has 0 aromatic rings. The molecule has 3 heteroatoms. The number of alkyl halides is 2. The number of hydrogen-bond acceptors (Lipinski definition) is 1. The van der Waals surface area contributed by atoms with Gasteiger partial charge in [-0.1, -0.05) is 51.1 Å². The van der Waals surface area contributed by atoms with Crippen molar-refractivity contribution in [1.82, 2.24) is 0 Å². The summed E-state index contributed by atoms with van der Waals surface area (Å²) in [5.41, 5.74) is -0.597. The first kappa shape index (κ1) is 11.0. The molecule has 0 bridgehead atoms. The third kappa shape index (κ3) is 2.46. The molecular weight excluding hydrogens is 284 g/mol. The molecule has 1 rings (SSSR count). The van der Waals surface area contributed by atoms with E-state index in [1.807, 2.05) is 6.92 Å². The predicted octanol–water partition coefficient (Wildman–Crippen LogP) is 3.43. The summed E-state index contributed by atoms with van der Waals surface area (Å²) in [7, 11) is 0. The van der Waals surface area contributed by atoms with Crippen molar-refractivity contribution in [3.8, 4) is 0 Å². The molecule has 0 amide bonds. The summed E-state index contributed by atoms with van der Waals surface area (Å²) in [4.78, 5) is 0. The zero-order chi connectivity index (χ0) is 9.19. The lowest BCUT2D eigenvalue weighted by Crippen LogP contribution is -2.41. The normalized spacial score (nSPS) is 25.8. The highest BCUT2D eigenvalue weighted by molar-refractivity contribution is 9.24. The van der Waals surface area contributed by atoms with E-state index in [1.54, 1.807) is 0 Å². The highest BCUT2D eigenvalue weighted by Crippen LogP contribution is 2.38. The fourth-order valence-corrected chi connectivity index (χ4v) is 2.61. The summed E-state index contributed by atoms with van der Waals surface area (Å²) < 4.78 is 0.0144. The summed E-state index contributed by atoms with van der Waals surface area (Å²) in [5, 5.41) is 10.1. The van der Waals surface area contributed by atoms with Crippen LogP contribution >= 0.6 is 31.9 Å². The van der Waals surface area contributed by atoms with E-state index in [2.05, 4.69) is 31.9 Å². The number of aliphatic hydroxyl groups is 1. The molecule has 1 saturated carbocycles. The molecule has 1 nitrogen and oxygen atoms in total. The fraction of sp³-hybridized carbons (Fsp3) is 1.00. The Morgan fingerprint density at radius 2 is 1.75 bits per heavy atom. The van der Waals surface area contributed by atoms with Crippen molar-refractivity contribution in [2.45, 2.75) is 48.4 Å². The Bertz CT molecular complexity index is 139. The van der Waals surface area contributed by atoms with Gasteiger partial charge in [0.2, 0.25) is 0 Å². The standard InChI is InChI=1S/C9H16Br2O/c1-9(12,8(10)11)7-5-3-2-4-6-7/h7-8,12H,2-6H2,1H3/t9-/m0/s1. The topological polar surface area (TPSA) is 20.2 Å². The smallest absolute Gasteiger partial charge is 0.0984 e. The van der Waals surface area contributed by atoms with Gasteiger partial charge in [0.15, 0.2) is 0 Å². The summed E-state index contributed by atoms with van der Waals surface area (Å²) in [6.07, 6.45) is 6.21. The molecule has 0 aliphatic heterocycles. The minimum Gasteiger partial charge on any atom is -0.388 e. The number of rotatable bonds is 2. The van der Waals surface area contributed by atoms with E-state index in [0.29, 0.717) is 5.92 Å². The average molecular weight is 300 g/mol. The van der Waals surface area contributed by atoms with Crippen molar-refractivity contribution in [3.05, 3.63) is 0 Å². The van der Waals surface area contributed by atoms with Crippen LogP contribution in [0.5, 0.6) is 0 Å². The van der Waals surface area contributed by atoms with Crippen LogP contribution in [-0.2, 0) is 0 Å². The molecule has 0 heterocycles. The molecule has 1 N–H and O–H groups in total. The Hall–Kier alpha value is 0.920. The Morgan fingerprint density at radius 1 is 1.25 bits per heavy atom. The average Bonchev–Trinajstić information content (AvgIpc) is 2.06. The molecule has 0 aromatic carbocycles. The lowest BCUT2D eigenvalue weighted by molar-refractivity contribution is 0.000964. The van der Waals surface area contributed by atoms with Crippen molar-refractivity contribution in [3.63, 3.8) is 0 Å². The van der Waals surface area contributed by atoms with Crippen LogP contribution in [0, 0.1) is 5.92 Å². The minimum atomic E-state index is -0.597. The van der Waals surface area contributed by atoms with E-state index in [4.69, 9.17) is 0 Å². The summed E-state index contributed by atoms with van der Waals surface area (Å²) in [6, 6.07) is 0. The molecule has 1 atom stereocenters. The number of halogens is 2. The molecule has 1 aliphatic carbocycles. The summed E-state index contributed by atoms with van der Waals surface area (Å²) in [6.45, 7) is 1.91. The molecule has 0 aromatic heterocycles. The Labute approximate surface area is 91.2 Å². The molecule has 0 spiro atoms. The van der Waals surface area contributed by atoms with Crippen LogP contribution in [0.15, 0.2) is 0 Å². The largest absolute Gasteiger partial charge is 0.388 e. The maximum atomic E-state index is 10.1. The molecule has 12 heavy (non-hydrogen) atoms.